The third-order valence-electron chi connectivity index (χ3n) is 9.13. The lowest BCUT2D eigenvalue weighted by atomic mass is 9.68. The van der Waals surface area contributed by atoms with E-state index in [0.717, 1.165) is 77.9 Å². The normalized spacial score (nSPS) is 41.6. The lowest BCUT2D eigenvalue weighted by Crippen LogP contribution is -2.56. The van der Waals surface area contributed by atoms with Gasteiger partial charge in [0.1, 0.15) is 23.4 Å². The summed E-state index contributed by atoms with van der Waals surface area (Å²) >= 11 is 0. The third-order valence-corrected chi connectivity index (χ3v) is 9.13. The molecule has 2 spiro atoms. The van der Waals surface area contributed by atoms with Crippen LogP contribution in [0.3, 0.4) is 0 Å². The van der Waals surface area contributed by atoms with Crippen molar-refractivity contribution < 1.29 is 28.5 Å². The molecule has 1 amide bonds. The second-order valence-electron chi connectivity index (χ2n) is 11.4. The van der Waals surface area contributed by atoms with Crippen LogP contribution in [0, 0.1) is 11.3 Å². The predicted octanol–water partition coefficient (Wildman–Crippen LogP) is 4.09. The summed E-state index contributed by atoms with van der Waals surface area (Å²) in [5.74, 6) is 0.0592. The number of likely N-dealkylation sites (tertiary alicyclic amines) is 1. The molecule has 0 N–H and O–H groups in total. The van der Waals surface area contributed by atoms with E-state index in [2.05, 4.69) is 26.8 Å². The summed E-state index contributed by atoms with van der Waals surface area (Å²) in [6, 6.07) is 0. The van der Waals surface area contributed by atoms with Crippen LogP contribution < -0.4 is 0 Å². The van der Waals surface area contributed by atoms with Crippen LogP contribution in [0.5, 0.6) is 0 Å². The number of carbonyl (C=O) groups excluding carboxylic acids is 1. The number of piperidine rings is 1. The SMILES string of the molecule is CO[C@@H]1[C@H](OC(=O)N2CCC3(CCOCC3)CC2)CC[C@]2(CO2)[C@H]1[C@@]1(C)O[C@@H]1CC=C(C)C. The number of hydrogen-bond acceptors (Lipinski definition) is 6. The van der Waals surface area contributed by atoms with Gasteiger partial charge in [0.25, 0.3) is 0 Å². The zero-order chi connectivity index (χ0) is 23.3. The van der Waals surface area contributed by atoms with E-state index in [0.29, 0.717) is 5.41 Å². The Bertz CT molecular complexity index is 759. The minimum atomic E-state index is -0.311. The highest BCUT2D eigenvalue weighted by molar-refractivity contribution is 5.68. The molecule has 5 fully saturated rings. The van der Waals surface area contributed by atoms with E-state index in [1.807, 2.05) is 4.90 Å². The molecule has 4 saturated heterocycles. The van der Waals surface area contributed by atoms with Gasteiger partial charge in [-0.15, -0.1) is 0 Å². The van der Waals surface area contributed by atoms with Crippen LogP contribution in [0.25, 0.3) is 0 Å². The largest absolute Gasteiger partial charge is 0.443 e. The van der Waals surface area contributed by atoms with Gasteiger partial charge in [-0.3, -0.25) is 0 Å². The smallest absolute Gasteiger partial charge is 0.410 e. The number of carbonyl (C=O) groups is 1. The molecule has 33 heavy (non-hydrogen) atoms. The molecular weight excluding hydrogens is 422 g/mol. The Morgan fingerprint density at radius 1 is 1.12 bits per heavy atom. The van der Waals surface area contributed by atoms with Crippen molar-refractivity contribution in [3.63, 3.8) is 0 Å². The van der Waals surface area contributed by atoms with Gasteiger partial charge in [0.05, 0.1) is 18.6 Å². The molecule has 7 nitrogen and oxygen atoms in total. The van der Waals surface area contributed by atoms with Crippen molar-refractivity contribution in [2.45, 2.75) is 95.2 Å². The Labute approximate surface area is 198 Å². The van der Waals surface area contributed by atoms with Crippen LogP contribution in [0.2, 0.25) is 0 Å². The Balaban J connectivity index is 1.23. The molecule has 0 unspecified atom stereocenters. The van der Waals surface area contributed by atoms with Crippen molar-refractivity contribution in [3.05, 3.63) is 11.6 Å². The molecule has 7 heteroatoms. The molecule has 0 radical (unpaired) electrons. The second kappa shape index (κ2) is 8.81. The van der Waals surface area contributed by atoms with Crippen LogP contribution in [0.1, 0.15) is 65.7 Å². The van der Waals surface area contributed by atoms with Crippen molar-refractivity contribution in [2.24, 2.45) is 11.3 Å². The molecule has 4 aliphatic heterocycles. The highest BCUT2D eigenvalue weighted by Crippen LogP contribution is 2.59. The number of methoxy groups -OCH3 is 1. The average molecular weight is 464 g/mol. The first-order valence-electron chi connectivity index (χ1n) is 12.8. The van der Waals surface area contributed by atoms with Gasteiger partial charge < -0.3 is 28.6 Å². The number of amides is 1. The van der Waals surface area contributed by atoms with Gasteiger partial charge in [0, 0.05) is 33.4 Å². The number of rotatable bonds is 5. The molecule has 1 aliphatic carbocycles. The first-order chi connectivity index (χ1) is 15.8. The quantitative estimate of drug-likeness (QED) is 0.452. The van der Waals surface area contributed by atoms with E-state index >= 15 is 0 Å². The zero-order valence-corrected chi connectivity index (χ0v) is 20.8. The number of ether oxygens (including phenoxy) is 5. The van der Waals surface area contributed by atoms with Gasteiger partial charge in [0.2, 0.25) is 0 Å². The molecule has 0 aromatic heterocycles. The number of hydrogen-bond donors (Lipinski definition) is 0. The van der Waals surface area contributed by atoms with Crippen molar-refractivity contribution >= 4 is 6.09 Å². The topological polar surface area (TPSA) is 73.1 Å². The maximum Gasteiger partial charge on any atom is 0.410 e. The predicted molar refractivity (Wildman–Crippen MR) is 123 cm³/mol. The summed E-state index contributed by atoms with van der Waals surface area (Å²) < 4.78 is 30.0. The number of allylic oxidation sites excluding steroid dienone is 1. The average Bonchev–Trinajstić information content (AvgIpc) is 3.72. The Hall–Kier alpha value is -1.15. The molecule has 5 aliphatic rings. The van der Waals surface area contributed by atoms with E-state index in [9.17, 15) is 4.79 Å². The highest BCUT2D eigenvalue weighted by atomic mass is 16.6. The van der Waals surface area contributed by atoms with Crippen molar-refractivity contribution in [2.75, 3.05) is 40.0 Å². The van der Waals surface area contributed by atoms with E-state index in [4.69, 9.17) is 23.7 Å². The fraction of sp³-hybridized carbons (Fsp3) is 0.885. The van der Waals surface area contributed by atoms with Gasteiger partial charge >= 0.3 is 6.09 Å². The Morgan fingerprint density at radius 2 is 1.82 bits per heavy atom. The maximum atomic E-state index is 13.1. The summed E-state index contributed by atoms with van der Waals surface area (Å²) in [5, 5.41) is 0. The molecule has 0 aromatic carbocycles. The molecule has 6 atom stereocenters. The lowest BCUT2D eigenvalue weighted by molar-refractivity contribution is -0.123. The molecule has 0 aromatic rings. The van der Waals surface area contributed by atoms with Crippen molar-refractivity contribution in [3.8, 4) is 0 Å². The van der Waals surface area contributed by atoms with Gasteiger partial charge in [-0.05, 0) is 71.1 Å². The maximum absolute atomic E-state index is 13.1. The van der Waals surface area contributed by atoms with E-state index in [1.54, 1.807) is 7.11 Å². The van der Waals surface area contributed by atoms with E-state index in [-0.39, 0.29) is 41.5 Å². The minimum Gasteiger partial charge on any atom is -0.443 e. The molecular formula is C26H41NO6. The van der Waals surface area contributed by atoms with E-state index in [1.165, 1.54) is 5.57 Å². The molecule has 4 heterocycles. The Kier molecular flexibility index (Phi) is 6.30. The van der Waals surface area contributed by atoms with Crippen LogP contribution in [0.4, 0.5) is 4.79 Å². The van der Waals surface area contributed by atoms with Gasteiger partial charge in [-0.1, -0.05) is 11.6 Å². The molecule has 1 saturated carbocycles. The summed E-state index contributed by atoms with van der Waals surface area (Å²) in [4.78, 5) is 15.0. The van der Waals surface area contributed by atoms with Gasteiger partial charge in [-0.25, -0.2) is 4.79 Å². The fourth-order valence-corrected chi connectivity index (χ4v) is 6.74. The van der Waals surface area contributed by atoms with Crippen molar-refractivity contribution in [1.82, 2.24) is 4.90 Å². The number of nitrogens with zero attached hydrogens (tertiary/aromatic N) is 1. The summed E-state index contributed by atoms with van der Waals surface area (Å²) in [7, 11) is 1.73. The number of epoxide rings is 2. The fourth-order valence-electron chi connectivity index (χ4n) is 6.74. The summed E-state index contributed by atoms with van der Waals surface area (Å²) in [5.41, 5.74) is 1.15. The van der Waals surface area contributed by atoms with Crippen LogP contribution in [-0.4, -0.2) is 80.5 Å². The minimum absolute atomic E-state index is 0.0592. The monoisotopic (exact) mass is 463 g/mol. The van der Waals surface area contributed by atoms with Crippen LogP contribution in [0.15, 0.2) is 11.6 Å². The third kappa shape index (κ3) is 4.46. The Morgan fingerprint density at radius 3 is 2.42 bits per heavy atom. The molecule has 0 bridgehead atoms. The van der Waals surface area contributed by atoms with Gasteiger partial charge in [-0.2, -0.15) is 0 Å². The molecule has 5 rings (SSSR count). The first-order valence-corrected chi connectivity index (χ1v) is 12.8. The summed E-state index contributed by atoms with van der Waals surface area (Å²) in [6.07, 6.45) is 8.56. The van der Waals surface area contributed by atoms with Crippen LogP contribution >= 0.6 is 0 Å². The zero-order valence-electron chi connectivity index (χ0n) is 20.8. The molecule has 186 valence electrons. The van der Waals surface area contributed by atoms with E-state index < -0.39 is 0 Å². The standard InChI is InChI=1S/C26H41NO6/c1-18(2)5-6-20-24(3,33-20)22-21(29-4)19(7-8-26(22)17-31-26)32-23(28)27-13-9-25(10-14-27)11-15-30-16-12-25/h5,19-22H,6-17H2,1-4H3/t19-,20-,21-,22-,24+,26+/m1/s1. The highest BCUT2D eigenvalue weighted by Gasteiger charge is 2.72. The van der Waals surface area contributed by atoms with Crippen LogP contribution in [-0.2, 0) is 23.7 Å². The summed E-state index contributed by atoms with van der Waals surface area (Å²) in [6.45, 7) is 10.4. The first kappa shape index (κ1) is 23.6. The van der Waals surface area contributed by atoms with Gasteiger partial charge in [0.15, 0.2) is 0 Å². The lowest BCUT2D eigenvalue weighted by Gasteiger charge is -2.45. The second-order valence-corrected chi connectivity index (χ2v) is 11.4. The van der Waals surface area contributed by atoms with Crippen molar-refractivity contribution in [1.29, 1.82) is 0 Å².